The van der Waals surface area contributed by atoms with Crippen LogP contribution in [0.3, 0.4) is 0 Å². The van der Waals surface area contributed by atoms with Gasteiger partial charge in [0.2, 0.25) is 0 Å². The number of aryl methyl sites for hydroxylation is 1. The first-order chi connectivity index (χ1) is 5.86. The van der Waals surface area contributed by atoms with Crippen molar-refractivity contribution in [1.82, 2.24) is 11.1 Å². The smallest absolute Gasteiger partial charge is 0.181 e. The molecule has 0 fully saturated rings. The molecular formula is C10H12N2O. The fourth-order valence-electron chi connectivity index (χ4n) is 1.08. The molecule has 3 nitrogen and oxygen atoms in total. The lowest BCUT2D eigenvalue weighted by Gasteiger charge is -1.95. The van der Waals surface area contributed by atoms with Crippen LogP contribution in [0.2, 0.25) is 0 Å². The predicted octanol–water partition coefficient (Wildman–Crippen LogP) is 2.81. The van der Waals surface area contributed by atoms with Crippen molar-refractivity contribution in [3.05, 3.63) is 42.5 Å². The molecule has 13 heavy (non-hydrogen) atoms. The molecule has 0 unspecified atom stereocenters. The average molecular weight is 176 g/mol. The third-order valence-electron chi connectivity index (χ3n) is 1.78. The van der Waals surface area contributed by atoms with Crippen LogP contribution < -0.4 is 6.15 Å². The first kappa shape index (κ1) is 9.48. The highest BCUT2D eigenvalue weighted by Crippen LogP contribution is 2.16. The molecule has 68 valence electrons. The molecule has 1 aromatic heterocycles. The topological polar surface area (TPSA) is 61.0 Å². The lowest BCUT2D eigenvalue weighted by molar-refractivity contribution is 0.558. The molecule has 0 aliphatic carbocycles. The van der Waals surface area contributed by atoms with Crippen LogP contribution in [0.25, 0.3) is 11.3 Å². The Hall–Kier alpha value is -1.61. The van der Waals surface area contributed by atoms with Gasteiger partial charge in [0.25, 0.3) is 0 Å². The summed E-state index contributed by atoms with van der Waals surface area (Å²) >= 11 is 0. The molecule has 2 rings (SSSR count). The molecule has 0 aliphatic rings. The molecule has 0 saturated heterocycles. The highest BCUT2D eigenvalue weighted by atomic mass is 16.3. The Morgan fingerprint density at radius 1 is 1.15 bits per heavy atom. The summed E-state index contributed by atoms with van der Waals surface area (Å²) in [5.41, 5.74) is 3.23. The van der Waals surface area contributed by atoms with E-state index in [1.807, 2.05) is 12.1 Å². The number of nitrogens with zero attached hydrogens (tertiary/aromatic N) is 1. The quantitative estimate of drug-likeness (QED) is 0.726. The summed E-state index contributed by atoms with van der Waals surface area (Å²) in [7, 11) is 0. The minimum Gasteiger partial charge on any atom is -0.451 e. The van der Waals surface area contributed by atoms with Gasteiger partial charge in [0.05, 0.1) is 0 Å². The van der Waals surface area contributed by atoms with E-state index in [-0.39, 0.29) is 6.15 Å². The van der Waals surface area contributed by atoms with Crippen LogP contribution in [0, 0.1) is 6.92 Å². The fraction of sp³-hybridized carbons (Fsp3) is 0.100. The summed E-state index contributed by atoms with van der Waals surface area (Å²) in [4.78, 5) is 4.05. The fourth-order valence-corrected chi connectivity index (χ4v) is 1.08. The summed E-state index contributed by atoms with van der Waals surface area (Å²) in [6, 6.07) is 8.19. The molecule has 0 aliphatic heterocycles. The molecule has 1 heterocycles. The second-order valence-corrected chi connectivity index (χ2v) is 2.74. The van der Waals surface area contributed by atoms with Gasteiger partial charge in [-0.05, 0) is 6.92 Å². The van der Waals surface area contributed by atoms with Crippen LogP contribution in [0.1, 0.15) is 5.56 Å². The van der Waals surface area contributed by atoms with Gasteiger partial charge in [0.15, 0.2) is 6.39 Å². The summed E-state index contributed by atoms with van der Waals surface area (Å²) in [5, 5.41) is 0. The molecule has 1 aromatic carbocycles. The number of rotatable bonds is 1. The van der Waals surface area contributed by atoms with E-state index >= 15 is 0 Å². The van der Waals surface area contributed by atoms with E-state index in [2.05, 4.69) is 24.0 Å². The monoisotopic (exact) mass is 176 g/mol. The molecule has 0 atom stereocenters. The molecule has 3 N–H and O–H groups in total. The van der Waals surface area contributed by atoms with Crippen LogP contribution >= 0.6 is 0 Å². The lowest BCUT2D eigenvalue weighted by Crippen LogP contribution is -1.76. The highest BCUT2D eigenvalue weighted by molar-refractivity contribution is 5.57. The zero-order valence-corrected chi connectivity index (χ0v) is 7.53. The Balaban J connectivity index is 0.000000845. The molecule has 2 aromatic rings. The van der Waals surface area contributed by atoms with Crippen LogP contribution in [0.5, 0.6) is 0 Å². The second kappa shape index (κ2) is 3.87. The van der Waals surface area contributed by atoms with E-state index in [9.17, 15) is 0 Å². The van der Waals surface area contributed by atoms with Crippen molar-refractivity contribution in [2.45, 2.75) is 6.92 Å². The number of hydrogen-bond donors (Lipinski definition) is 1. The van der Waals surface area contributed by atoms with Crippen molar-refractivity contribution in [2.75, 3.05) is 0 Å². The largest absolute Gasteiger partial charge is 0.451 e. The number of hydrogen-bond acceptors (Lipinski definition) is 3. The molecule has 0 saturated carbocycles. The maximum absolute atomic E-state index is 4.89. The Morgan fingerprint density at radius 3 is 2.38 bits per heavy atom. The Morgan fingerprint density at radius 2 is 1.85 bits per heavy atom. The van der Waals surface area contributed by atoms with Gasteiger partial charge < -0.3 is 10.6 Å². The van der Waals surface area contributed by atoms with Crippen molar-refractivity contribution >= 4 is 0 Å². The van der Waals surface area contributed by atoms with Crippen molar-refractivity contribution in [2.24, 2.45) is 0 Å². The van der Waals surface area contributed by atoms with Gasteiger partial charge in [-0.25, -0.2) is 4.98 Å². The van der Waals surface area contributed by atoms with Crippen LogP contribution in [0.15, 0.2) is 41.3 Å². The van der Waals surface area contributed by atoms with Crippen LogP contribution in [-0.4, -0.2) is 4.98 Å². The molecule has 3 heteroatoms. The Bertz CT molecular complexity index is 351. The van der Waals surface area contributed by atoms with E-state index in [4.69, 9.17) is 4.42 Å². The maximum atomic E-state index is 4.89. The Kier molecular flexibility index (Phi) is 2.82. The number of benzene rings is 1. The minimum absolute atomic E-state index is 0. The maximum Gasteiger partial charge on any atom is 0.181 e. The molecule has 0 spiro atoms. The molecular weight excluding hydrogens is 164 g/mol. The predicted molar refractivity (Wildman–Crippen MR) is 51.7 cm³/mol. The minimum atomic E-state index is 0. The average Bonchev–Trinajstić information content (AvgIpc) is 2.58. The van der Waals surface area contributed by atoms with Crippen molar-refractivity contribution in [1.29, 1.82) is 0 Å². The van der Waals surface area contributed by atoms with Gasteiger partial charge in [0.1, 0.15) is 12.0 Å². The zero-order valence-electron chi connectivity index (χ0n) is 7.53. The van der Waals surface area contributed by atoms with Gasteiger partial charge in [0, 0.05) is 5.56 Å². The standard InChI is InChI=1S/C10H9NO.H3N/c1-8-2-4-9(5-3-8)10-6-12-7-11-10;/h2-7H,1H3;1H3. The summed E-state index contributed by atoms with van der Waals surface area (Å²) in [5.74, 6) is 0. The molecule has 0 amide bonds. The van der Waals surface area contributed by atoms with Crippen molar-refractivity contribution in [3.63, 3.8) is 0 Å². The van der Waals surface area contributed by atoms with Gasteiger partial charge in [-0.1, -0.05) is 29.8 Å². The first-order valence-corrected chi connectivity index (χ1v) is 3.81. The lowest BCUT2D eigenvalue weighted by atomic mass is 10.1. The van der Waals surface area contributed by atoms with E-state index < -0.39 is 0 Å². The third kappa shape index (κ3) is 1.95. The number of oxazole rings is 1. The van der Waals surface area contributed by atoms with E-state index in [1.54, 1.807) is 6.26 Å². The van der Waals surface area contributed by atoms with E-state index in [0.717, 1.165) is 11.3 Å². The van der Waals surface area contributed by atoms with Gasteiger partial charge >= 0.3 is 0 Å². The third-order valence-corrected chi connectivity index (χ3v) is 1.78. The Labute approximate surface area is 77.0 Å². The van der Waals surface area contributed by atoms with Gasteiger partial charge in [-0.2, -0.15) is 0 Å². The van der Waals surface area contributed by atoms with Gasteiger partial charge in [-0.15, -0.1) is 0 Å². The molecule has 0 radical (unpaired) electrons. The second-order valence-electron chi connectivity index (χ2n) is 2.74. The first-order valence-electron chi connectivity index (χ1n) is 3.81. The number of aromatic nitrogens is 1. The van der Waals surface area contributed by atoms with Crippen LogP contribution in [-0.2, 0) is 0 Å². The van der Waals surface area contributed by atoms with E-state index in [0.29, 0.717) is 0 Å². The van der Waals surface area contributed by atoms with Crippen molar-refractivity contribution < 1.29 is 4.42 Å². The van der Waals surface area contributed by atoms with E-state index in [1.165, 1.54) is 12.0 Å². The zero-order chi connectivity index (χ0) is 8.39. The summed E-state index contributed by atoms with van der Waals surface area (Å²) in [6.07, 6.45) is 3.08. The highest BCUT2D eigenvalue weighted by Gasteiger charge is 1.98. The normalized spacial score (nSPS) is 9.31. The SMILES string of the molecule is Cc1ccc(-c2cocn2)cc1.N. The van der Waals surface area contributed by atoms with Gasteiger partial charge in [-0.3, -0.25) is 0 Å². The molecule has 0 bridgehead atoms. The van der Waals surface area contributed by atoms with Crippen molar-refractivity contribution in [3.8, 4) is 11.3 Å². The van der Waals surface area contributed by atoms with Crippen LogP contribution in [0.4, 0.5) is 0 Å². The summed E-state index contributed by atoms with van der Waals surface area (Å²) < 4.78 is 4.89. The summed E-state index contributed by atoms with van der Waals surface area (Å²) in [6.45, 7) is 2.06.